The number of cyclic esters (lactones) is 1. The molecule has 2 aliphatic heterocycles. The number of hydrogen-bond acceptors (Lipinski definition) is 6. The van der Waals surface area contributed by atoms with Crippen LogP contribution in [-0.2, 0) is 14.3 Å². The van der Waals surface area contributed by atoms with Crippen molar-refractivity contribution in [2.45, 2.75) is 28.3 Å². The Labute approximate surface area is 216 Å². The molecule has 2 aliphatic rings. The van der Waals surface area contributed by atoms with Gasteiger partial charge in [-0.15, -0.1) is 0 Å². The number of nitrogens with zero attached hydrogens (tertiary/aromatic N) is 3. The summed E-state index contributed by atoms with van der Waals surface area (Å²) in [4.78, 5) is 40.2. The SMILES string of the molecule is CC(=O)NCC1CN(c2ccc(N3CCN(C(NC(C)=O)C(Br)(Br)Br)CC3)c(F)c2)C(=O)O1. The average molecular weight is 658 g/mol. The standard InChI is InChI=1S/C20H25Br3FN5O4/c1-12(30)25-10-15-11-29(19(32)33-15)14-3-4-17(16(24)9-14)27-5-7-28(8-6-27)18(20(21,22)23)26-13(2)31/h3-4,9,15,18H,5-8,10-11H2,1-2H3,(H,25,30)(H,26,31). The van der Waals surface area contributed by atoms with Crippen molar-refractivity contribution in [3.63, 3.8) is 0 Å². The Morgan fingerprint density at radius 2 is 1.85 bits per heavy atom. The van der Waals surface area contributed by atoms with E-state index in [1.807, 2.05) is 4.90 Å². The lowest BCUT2D eigenvalue weighted by molar-refractivity contribution is -0.121. The van der Waals surface area contributed by atoms with Gasteiger partial charge in [0, 0.05) is 40.0 Å². The Morgan fingerprint density at radius 3 is 2.39 bits per heavy atom. The van der Waals surface area contributed by atoms with Gasteiger partial charge >= 0.3 is 6.09 Å². The van der Waals surface area contributed by atoms with Crippen LogP contribution in [0.2, 0.25) is 0 Å². The molecule has 0 aliphatic carbocycles. The van der Waals surface area contributed by atoms with E-state index in [1.54, 1.807) is 12.1 Å². The third kappa shape index (κ3) is 6.80. The van der Waals surface area contributed by atoms with Crippen molar-refractivity contribution in [3.05, 3.63) is 24.0 Å². The summed E-state index contributed by atoms with van der Waals surface area (Å²) in [6, 6.07) is 4.67. The number of rotatable bonds is 6. The van der Waals surface area contributed by atoms with Gasteiger partial charge in [-0.3, -0.25) is 19.4 Å². The minimum absolute atomic E-state index is 0.161. The van der Waals surface area contributed by atoms with Gasteiger partial charge in [0.2, 0.25) is 11.8 Å². The van der Waals surface area contributed by atoms with Crippen LogP contribution in [0.1, 0.15) is 13.8 Å². The second-order valence-corrected chi connectivity index (χ2v) is 14.8. The van der Waals surface area contributed by atoms with Crippen molar-refractivity contribution in [2.24, 2.45) is 0 Å². The number of nitrogens with one attached hydrogen (secondary N) is 2. The number of carbonyl (C=O) groups excluding carboxylic acids is 3. The van der Waals surface area contributed by atoms with E-state index in [0.29, 0.717) is 37.6 Å². The van der Waals surface area contributed by atoms with Gasteiger partial charge in [0.15, 0.2) is 2.14 Å². The zero-order chi connectivity index (χ0) is 24.3. The fourth-order valence-electron chi connectivity index (χ4n) is 3.81. The van der Waals surface area contributed by atoms with Crippen LogP contribution in [0.5, 0.6) is 0 Å². The number of benzene rings is 1. The van der Waals surface area contributed by atoms with Crippen LogP contribution >= 0.6 is 47.8 Å². The fraction of sp³-hybridized carbons (Fsp3) is 0.550. The molecule has 1 aromatic rings. The van der Waals surface area contributed by atoms with Gasteiger partial charge in [0.1, 0.15) is 18.1 Å². The molecule has 3 rings (SSSR count). The Morgan fingerprint density at radius 1 is 1.18 bits per heavy atom. The van der Waals surface area contributed by atoms with Gasteiger partial charge in [-0.1, -0.05) is 47.8 Å². The van der Waals surface area contributed by atoms with E-state index in [4.69, 9.17) is 4.74 Å². The highest BCUT2D eigenvalue weighted by atomic mass is 80.0. The Bertz CT molecular complexity index is 908. The summed E-state index contributed by atoms with van der Waals surface area (Å²) in [5, 5.41) is 5.51. The molecule has 2 fully saturated rings. The molecule has 0 aromatic heterocycles. The topological polar surface area (TPSA) is 94.2 Å². The monoisotopic (exact) mass is 655 g/mol. The first-order chi connectivity index (χ1) is 15.5. The smallest absolute Gasteiger partial charge is 0.414 e. The van der Waals surface area contributed by atoms with Crippen LogP contribution < -0.4 is 20.4 Å². The van der Waals surface area contributed by atoms with Gasteiger partial charge in [0.25, 0.3) is 0 Å². The lowest BCUT2D eigenvalue weighted by atomic mass is 10.2. The number of anilines is 2. The molecule has 0 saturated carbocycles. The number of amides is 3. The molecule has 3 amide bonds. The van der Waals surface area contributed by atoms with Crippen LogP contribution in [0.25, 0.3) is 0 Å². The van der Waals surface area contributed by atoms with Crippen molar-refractivity contribution < 1.29 is 23.5 Å². The molecule has 182 valence electrons. The van der Waals surface area contributed by atoms with Gasteiger partial charge in [0.05, 0.1) is 24.5 Å². The van der Waals surface area contributed by atoms with Gasteiger partial charge in [-0.05, 0) is 18.2 Å². The van der Waals surface area contributed by atoms with Crippen molar-refractivity contribution in [1.29, 1.82) is 0 Å². The zero-order valence-electron chi connectivity index (χ0n) is 18.1. The van der Waals surface area contributed by atoms with Crippen LogP contribution in [0.3, 0.4) is 0 Å². The van der Waals surface area contributed by atoms with E-state index >= 15 is 4.39 Å². The molecule has 2 unspecified atom stereocenters. The molecule has 1 aromatic carbocycles. The molecule has 0 bridgehead atoms. The van der Waals surface area contributed by atoms with Crippen molar-refractivity contribution in [2.75, 3.05) is 49.1 Å². The molecular weight excluding hydrogens is 633 g/mol. The van der Waals surface area contributed by atoms with E-state index in [-0.39, 0.29) is 31.1 Å². The quantitative estimate of drug-likeness (QED) is 0.458. The Balaban J connectivity index is 1.64. The zero-order valence-corrected chi connectivity index (χ0v) is 22.9. The molecule has 0 spiro atoms. The summed E-state index contributed by atoms with van der Waals surface area (Å²) < 4.78 is 19.6. The molecule has 2 saturated heterocycles. The third-order valence-electron chi connectivity index (χ3n) is 5.37. The van der Waals surface area contributed by atoms with E-state index in [9.17, 15) is 14.4 Å². The predicted octanol–water partition coefficient (Wildman–Crippen LogP) is 2.71. The van der Waals surface area contributed by atoms with Crippen molar-refractivity contribution in [3.8, 4) is 0 Å². The van der Waals surface area contributed by atoms with Crippen LogP contribution in [0.15, 0.2) is 18.2 Å². The summed E-state index contributed by atoms with van der Waals surface area (Å²) in [5.41, 5.74) is 0.846. The predicted molar refractivity (Wildman–Crippen MR) is 134 cm³/mol. The highest BCUT2D eigenvalue weighted by Gasteiger charge is 2.38. The summed E-state index contributed by atoms with van der Waals surface area (Å²) in [6.45, 7) is 5.59. The van der Waals surface area contributed by atoms with Crippen LogP contribution in [0, 0.1) is 5.82 Å². The maximum Gasteiger partial charge on any atom is 0.414 e. The Hall–Kier alpha value is -1.44. The lowest BCUT2D eigenvalue weighted by Crippen LogP contribution is -2.60. The van der Waals surface area contributed by atoms with E-state index in [2.05, 4.69) is 63.3 Å². The first-order valence-electron chi connectivity index (χ1n) is 10.3. The minimum atomic E-state index is -0.699. The van der Waals surface area contributed by atoms with E-state index < -0.39 is 20.2 Å². The number of carbonyl (C=O) groups is 3. The highest BCUT2D eigenvalue weighted by Crippen LogP contribution is 2.39. The number of alkyl halides is 3. The van der Waals surface area contributed by atoms with E-state index in [0.717, 1.165) is 0 Å². The normalized spacial score (nSPS) is 20.4. The van der Waals surface area contributed by atoms with Gasteiger partial charge < -0.3 is 20.3 Å². The van der Waals surface area contributed by atoms with E-state index in [1.165, 1.54) is 24.8 Å². The first kappa shape index (κ1) is 26.2. The molecule has 13 heteroatoms. The maximum absolute atomic E-state index is 15.0. The summed E-state index contributed by atoms with van der Waals surface area (Å²) in [6.07, 6.45) is -1.41. The lowest BCUT2D eigenvalue weighted by Gasteiger charge is -2.43. The second kappa shape index (κ2) is 10.9. The molecule has 2 heterocycles. The maximum atomic E-state index is 15.0. The third-order valence-corrected chi connectivity index (χ3v) is 6.67. The molecule has 0 radical (unpaired) electrons. The summed E-state index contributed by atoms with van der Waals surface area (Å²) in [5.74, 6) is -0.808. The molecule has 9 nitrogen and oxygen atoms in total. The molecule has 33 heavy (non-hydrogen) atoms. The Kier molecular flexibility index (Phi) is 8.62. The minimum Gasteiger partial charge on any atom is -0.442 e. The number of hydrogen-bond donors (Lipinski definition) is 2. The number of piperazine rings is 1. The van der Waals surface area contributed by atoms with Crippen molar-refractivity contribution in [1.82, 2.24) is 15.5 Å². The van der Waals surface area contributed by atoms with Crippen molar-refractivity contribution >= 4 is 77.1 Å². The van der Waals surface area contributed by atoms with Gasteiger partial charge in [-0.2, -0.15) is 0 Å². The van der Waals surface area contributed by atoms with Crippen LogP contribution in [-0.4, -0.2) is 76.5 Å². The van der Waals surface area contributed by atoms with Gasteiger partial charge in [-0.25, -0.2) is 9.18 Å². The molecule has 2 atom stereocenters. The second-order valence-electron chi connectivity index (χ2n) is 7.86. The largest absolute Gasteiger partial charge is 0.442 e. The molecular formula is C20H25Br3FN5O4. The van der Waals surface area contributed by atoms with Crippen LogP contribution in [0.4, 0.5) is 20.6 Å². The molecule has 2 N–H and O–H groups in total. The number of ether oxygens (including phenoxy) is 1. The average Bonchev–Trinajstić information content (AvgIpc) is 3.10. The number of halogens is 4. The first-order valence-corrected chi connectivity index (χ1v) is 12.7. The summed E-state index contributed by atoms with van der Waals surface area (Å²) in [7, 11) is 0. The summed E-state index contributed by atoms with van der Waals surface area (Å²) >= 11 is 10.5. The highest BCUT2D eigenvalue weighted by molar-refractivity contribution is 9.39. The fourth-order valence-corrected chi connectivity index (χ4v) is 5.02.